The molecule has 1 fully saturated rings. The van der Waals surface area contributed by atoms with Crippen LogP contribution < -0.4 is 5.73 Å². The molecule has 3 rings (SSSR count). The average molecular weight is 260 g/mol. The molecule has 0 unspecified atom stereocenters. The van der Waals surface area contributed by atoms with Crippen molar-refractivity contribution in [2.45, 2.75) is 18.8 Å². The molecule has 1 aromatic heterocycles. The molecule has 0 spiro atoms. The maximum absolute atomic E-state index is 11.2. The van der Waals surface area contributed by atoms with E-state index in [4.69, 9.17) is 5.73 Å². The summed E-state index contributed by atoms with van der Waals surface area (Å²) in [4.78, 5) is 16.1. The first-order chi connectivity index (χ1) is 8.65. The molecule has 3 N–H and O–H groups in total. The highest BCUT2D eigenvalue weighted by Gasteiger charge is 2.32. The van der Waals surface area contributed by atoms with Gasteiger partial charge in [-0.1, -0.05) is 12.1 Å². The molecule has 0 atom stereocenters. The molecule has 92 valence electrons. The van der Waals surface area contributed by atoms with Crippen LogP contribution in [0.15, 0.2) is 24.3 Å². The van der Waals surface area contributed by atoms with Gasteiger partial charge in [0.25, 0.3) is 0 Å². The Morgan fingerprint density at radius 3 is 2.83 bits per heavy atom. The minimum Gasteiger partial charge on any atom is -0.477 e. The Morgan fingerprint density at radius 2 is 2.22 bits per heavy atom. The van der Waals surface area contributed by atoms with Crippen LogP contribution in [-0.4, -0.2) is 16.1 Å². The van der Waals surface area contributed by atoms with Crippen LogP contribution in [0.1, 0.15) is 34.1 Å². The van der Waals surface area contributed by atoms with Gasteiger partial charge in [0.15, 0.2) is 0 Å². The molecule has 1 aliphatic carbocycles. The number of rotatable bonds is 3. The normalized spacial score (nSPS) is 14.7. The van der Waals surface area contributed by atoms with Gasteiger partial charge >= 0.3 is 5.97 Å². The van der Waals surface area contributed by atoms with Gasteiger partial charge in [-0.15, -0.1) is 11.3 Å². The van der Waals surface area contributed by atoms with Gasteiger partial charge in [-0.3, -0.25) is 0 Å². The summed E-state index contributed by atoms with van der Waals surface area (Å²) in [7, 11) is 0. The molecule has 5 heteroatoms. The van der Waals surface area contributed by atoms with Crippen LogP contribution in [0.4, 0.5) is 5.69 Å². The van der Waals surface area contributed by atoms with Crippen molar-refractivity contribution in [2.24, 2.45) is 0 Å². The SMILES string of the molecule is Nc1cccc(-c2nc(C3CC3)c(C(=O)O)s2)c1. The van der Waals surface area contributed by atoms with E-state index in [0.29, 0.717) is 16.5 Å². The van der Waals surface area contributed by atoms with Gasteiger partial charge in [0.2, 0.25) is 0 Å². The number of carbonyl (C=O) groups is 1. The number of nitrogen functional groups attached to an aromatic ring is 1. The number of benzene rings is 1. The zero-order chi connectivity index (χ0) is 12.7. The number of hydrogen-bond acceptors (Lipinski definition) is 4. The van der Waals surface area contributed by atoms with Crippen LogP contribution in [0.3, 0.4) is 0 Å². The van der Waals surface area contributed by atoms with Gasteiger partial charge in [-0.05, 0) is 25.0 Å². The number of aromatic carboxylic acids is 1. The lowest BCUT2D eigenvalue weighted by molar-refractivity contribution is 0.0700. The van der Waals surface area contributed by atoms with Gasteiger partial charge in [0.1, 0.15) is 9.88 Å². The quantitative estimate of drug-likeness (QED) is 0.832. The van der Waals surface area contributed by atoms with Crippen LogP contribution in [0.5, 0.6) is 0 Å². The fourth-order valence-corrected chi connectivity index (χ4v) is 2.90. The Balaban J connectivity index is 2.07. The topological polar surface area (TPSA) is 76.2 Å². The second-order valence-electron chi connectivity index (χ2n) is 4.44. The number of carboxylic acid groups (broad SMARTS) is 1. The second-order valence-corrected chi connectivity index (χ2v) is 5.44. The van der Waals surface area contributed by atoms with Crippen LogP contribution >= 0.6 is 11.3 Å². The number of nitrogens with zero attached hydrogens (tertiary/aromatic N) is 1. The molecule has 1 aliphatic rings. The highest BCUT2D eigenvalue weighted by molar-refractivity contribution is 7.17. The molecule has 0 radical (unpaired) electrons. The Bertz CT molecular complexity index is 617. The molecule has 0 amide bonds. The number of hydrogen-bond donors (Lipinski definition) is 2. The zero-order valence-corrected chi connectivity index (χ0v) is 10.4. The van der Waals surface area contributed by atoms with Crippen LogP contribution in [-0.2, 0) is 0 Å². The lowest BCUT2D eigenvalue weighted by atomic mass is 10.2. The summed E-state index contributed by atoms with van der Waals surface area (Å²) in [5, 5.41) is 9.94. The van der Waals surface area contributed by atoms with Crippen LogP contribution in [0, 0.1) is 0 Å². The maximum Gasteiger partial charge on any atom is 0.347 e. The summed E-state index contributed by atoms with van der Waals surface area (Å²) in [6.45, 7) is 0. The highest BCUT2D eigenvalue weighted by atomic mass is 32.1. The van der Waals surface area contributed by atoms with Crippen molar-refractivity contribution in [2.75, 3.05) is 5.73 Å². The van der Waals surface area contributed by atoms with Crippen LogP contribution in [0.2, 0.25) is 0 Å². The van der Waals surface area contributed by atoms with Crippen molar-refractivity contribution in [1.29, 1.82) is 0 Å². The summed E-state index contributed by atoms with van der Waals surface area (Å²) in [6.07, 6.45) is 2.08. The molecule has 4 nitrogen and oxygen atoms in total. The minimum atomic E-state index is -0.885. The van der Waals surface area contributed by atoms with Crippen molar-refractivity contribution >= 4 is 23.0 Å². The fourth-order valence-electron chi connectivity index (χ4n) is 1.91. The van der Waals surface area contributed by atoms with E-state index in [1.807, 2.05) is 18.2 Å². The summed E-state index contributed by atoms with van der Waals surface area (Å²) in [6, 6.07) is 7.37. The molecule has 0 bridgehead atoms. The molecule has 1 aromatic carbocycles. The minimum absolute atomic E-state index is 0.335. The van der Waals surface area contributed by atoms with E-state index in [-0.39, 0.29) is 0 Å². The third-order valence-corrected chi connectivity index (χ3v) is 4.05. The van der Waals surface area contributed by atoms with Crippen molar-refractivity contribution in [3.63, 3.8) is 0 Å². The van der Waals surface area contributed by atoms with Gasteiger partial charge in [-0.2, -0.15) is 0 Å². The standard InChI is InChI=1S/C13H12N2O2S/c14-9-3-1-2-8(6-9)12-15-10(7-4-5-7)11(18-12)13(16)17/h1-3,6-7H,4-5,14H2,(H,16,17). The van der Waals surface area contributed by atoms with Gasteiger partial charge in [-0.25, -0.2) is 9.78 Å². The number of aromatic nitrogens is 1. The van der Waals surface area contributed by atoms with E-state index in [1.165, 1.54) is 11.3 Å². The fraction of sp³-hybridized carbons (Fsp3) is 0.231. The summed E-state index contributed by atoms with van der Waals surface area (Å²) in [5.41, 5.74) is 8.02. The third-order valence-electron chi connectivity index (χ3n) is 2.95. The van der Waals surface area contributed by atoms with Crippen molar-refractivity contribution in [1.82, 2.24) is 4.98 Å². The van der Waals surface area contributed by atoms with E-state index in [2.05, 4.69) is 4.98 Å². The number of carboxylic acids is 1. The number of thiazole rings is 1. The Kier molecular flexibility index (Phi) is 2.56. The lowest BCUT2D eigenvalue weighted by Crippen LogP contribution is -1.97. The van der Waals surface area contributed by atoms with Crippen LogP contribution in [0.25, 0.3) is 10.6 Å². The Hall–Kier alpha value is -1.88. The van der Waals surface area contributed by atoms with E-state index in [9.17, 15) is 9.90 Å². The first kappa shape index (κ1) is 11.2. The van der Waals surface area contributed by atoms with Crippen molar-refractivity contribution < 1.29 is 9.90 Å². The smallest absolute Gasteiger partial charge is 0.347 e. The van der Waals surface area contributed by atoms with E-state index >= 15 is 0 Å². The van der Waals surface area contributed by atoms with Gasteiger partial charge in [0, 0.05) is 17.2 Å². The monoisotopic (exact) mass is 260 g/mol. The highest BCUT2D eigenvalue weighted by Crippen LogP contribution is 2.44. The predicted octanol–water partition coefficient (Wildman–Crippen LogP) is 2.97. The first-order valence-electron chi connectivity index (χ1n) is 5.75. The third kappa shape index (κ3) is 1.97. The molecule has 2 aromatic rings. The molecule has 1 saturated carbocycles. The van der Waals surface area contributed by atoms with Gasteiger partial charge in [0.05, 0.1) is 5.69 Å². The molecular formula is C13H12N2O2S. The van der Waals surface area contributed by atoms with Crippen molar-refractivity contribution in [3.05, 3.63) is 34.8 Å². The first-order valence-corrected chi connectivity index (χ1v) is 6.56. The number of nitrogens with two attached hydrogens (primary N) is 1. The molecule has 18 heavy (non-hydrogen) atoms. The average Bonchev–Trinajstić information content (AvgIpc) is 3.07. The maximum atomic E-state index is 11.2. The lowest BCUT2D eigenvalue weighted by Gasteiger charge is -1.97. The number of anilines is 1. The van der Waals surface area contributed by atoms with Gasteiger partial charge < -0.3 is 10.8 Å². The summed E-state index contributed by atoms with van der Waals surface area (Å²) in [5.74, 6) is -0.549. The molecule has 0 saturated heterocycles. The summed E-state index contributed by atoms with van der Waals surface area (Å²) < 4.78 is 0. The predicted molar refractivity (Wildman–Crippen MR) is 70.9 cm³/mol. The molecule has 1 heterocycles. The van der Waals surface area contributed by atoms with Crippen molar-refractivity contribution in [3.8, 4) is 10.6 Å². The zero-order valence-electron chi connectivity index (χ0n) is 9.59. The van der Waals surface area contributed by atoms with E-state index in [1.54, 1.807) is 6.07 Å². The Labute approximate surface area is 108 Å². The largest absolute Gasteiger partial charge is 0.477 e. The Morgan fingerprint density at radius 1 is 1.44 bits per heavy atom. The molecule has 0 aliphatic heterocycles. The second kappa shape index (κ2) is 4.10. The van der Waals surface area contributed by atoms with E-state index in [0.717, 1.165) is 29.1 Å². The summed E-state index contributed by atoms with van der Waals surface area (Å²) >= 11 is 1.23. The molecular weight excluding hydrogens is 248 g/mol. The van der Waals surface area contributed by atoms with E-state index < -0.39 is 5.97 Å².